The van der Waals surface area contributed by atoms with Crippen LogP contribution in [0, 0.1) is 6.92 Å². The van der Waals surface area contributed by atoms with Gasteiger partial charge in [0.05, 0.1) is 6.54 Å². The largest absolute Gasteiger partial charge is 0.349 e. The summed E-state index contributed by atoms with van der Waals surface area (Å²) in [6, 6.07) is 1.75. The Morgan fingerprint density at radius 3 is 2.88 bits per heavy atom. The first-order valence-electron chi connectivity index (χ1n) is 8.84. The second kappa shape index (κ2) is 7.40. The number of aryl methyl sites for hydroxylation is 1. The van der Waals surface area contributed by atoms with Crippen LogP contribution in [0.1, 0.15) is 52.4 Å². The van der Waals surface area contributed by atoms with E-state index in [1.54, 1.807) is 22.1 Å². The lowest BCUT2D eigenvalue weighted by Crippen LogP contribution is -2.38. The molecule has 1 saturated carbocycles. The summed E-state index contributed by atoms with van der Waals surface area (Å²) in [4.78, 5) is 28.8. The number of thioether (sulfide) groups is 1. The van der Waals surface area contributed by atoms with Gasteiger partial charge in [0.15, 0.2) is 5.69 Å². The van der Waals surface area contributed by atoms with E-state index in [9.17, 15) is 9.59 Å². The van der Waals surface area contributed by atoms with E-state index in [4.69, 9.17) is 0 Å². The van der Waals surface area contributed by atoms with Gasteiger partial charge in [-0.3, -0.25) is 14.3 Å². The highest BCUT2D eigenvalue weighted by atomic mass is 32.2. The fourth-order valence-corrected chi connectivity index (χ4v) is 5.65. The van der Waals surface area contributed by atoms with Gasteiger partial charge in [-0.25, -0.2) is 4.98 Å². The number of nitrogens with zero attached hydrogens (tertiary/aromatic N) is 3. The van der Waals surface area contributed by atoms with Crippen LogP contribution in [0.5, 0.6) is 0 Å². The molecule has 0 saturated heterocycles. The maximum Gasteiger partial charge on any atom is 0.272 e. The van der Waals surface area contributed by atoms with E-state index in [0.29, 0.717) is 29.7 Å². The van der Waals surface area contributed by atoms with Crippen molar-refractivity contribution < 1.29 is 9.59 Å². The van der Waals surface area contributed by atoms with Crippen molar-refractivity contribution in [2.24, 2.45) is 0 Å². The monoisotopic (exact) mass is 391 g/mol. The van der Waals surface area contributed by atoms with Crippen molar-refractivity contribution in [1.29, 1.82) is 0 Å². The number of aromatic nitrogens is 3. The van der Waals surface area contributed by atoms with E-state index < -0.39 is 0 Å². The zero-order chi connectivity index (χ0) is 18.1. The summed E-state index contributed by atoms with van der Waals surface area (Å²) in [5.74, 6) is -0.357. The molecule has 0 aromatic carbocycles. The average Bonchev–Trinajstić information content (AvgIpc) is 3.24. The van der Waals surface area contributed by atoms with Crippen LogP contribution in [-0.2, 0) is 6.54 Å². The lowest BCUT2D eigenvalue weighted by Gasteiger charge is -2.28. The average molecular weight is 392 g/mol. The summed E-state index contributed by atoms with van der Waals surface area (Å²) in [7, 11) is 0. The fourth-order valence-electron chi connectivity index (χ4n) is 3.36. The number of carbonyl (C=O) groups excluding carboxylic acids is 2. The predicted molar refractivity (Wildman–Crippen MR) is 101 cm³/mol. The number of carbonyl (C=O) groups is 2. The minimum atomic E-state index is -0.189. The summed E-state index contributed by atoms with van der Waals surface area (Å²) in [5.41, 5.74) is 1.86. The highest BCUT2D eigenvalue weighted by Gasteiger charge is 2.26. The van der Waals surface area contributed by atoms with Gasteiger partial charge in [0.25, 0.3) is 11.8 Å². The van der Waals surface area contributed by atoms with E-state index in [1.807, 2.05) is 18.7 Å². The number of amides is 2. The minimum absolute atomic E-state index is 0.169. The molecule has 2 aliphatic rings. The van der Waals surface area contributed by atoms with Gasteiger partial charge in [0, 0.05) is 35.0 Å². The van der Waals surface area contributed by atoms with E-state index in [1.165, 1.54) is 0 Å². The molecule has 2 N–H and O–H groups in total. The minimum Gasteiger partial charge on any atom is -0.349 e. The highest BCUT2D eigenvalue weighted by molar-refractivity contribution is 8.01. The fraction of sp³-hybridized carbons (Fsp3) is 0.529. The van der Waals surface area contributed by atoms with Gasteiger partial charge in [0.1, 0.15) is 10.0 Å². The maximum atomic E-state index is 12.5. The Balaban J connectivity index is 1.30. The van der Waals surface area contributed by atoms with Crippen LogP contribution >= 0.6 is 23.1 Å². The molecule has 9 heteroatoms. The van der Waals surface area contributed by atoms with Gasteiger partial charge in [-0.2, -0.15) is 5.10 Å². The number of rotatable bonds is 4. The Bertz CT molecular complexity index is 823. The predicted octanol–water partition coefficient (Wildman–Crippen LogP) is 2.22. The summed E-state index contributed by atoms with van der Waals surface area (Å²) >= 11 is 3.56. The maximum absolute atomic E-state index is 12.5. The Hall–Kier alpha value is -1.87. The van der Waals surface area contributed by atoms with Crippen LogP contribution in [0.4, 0.5) is 0 Å². The van der Waals surface area contributed by atoms with Crippen LogP contribution in [0.25, 0.3) is 0 Å². The number of thiazole rings is 1. The molecule has 0 unspecified atom stereocenters. The summed E-state index contributed by atoms with van der Waals surface area (Å²) in [5, 5.41) is 12.8. The lowest BCUT2D eigenvalue weighted by molar-refractivity contribution is 0.0912. The lowest BCUT2D eigenvalue weighted by atomic mass is 9.95. The molecule has 0 spiro atoms. The van der Waals surface area contributed by atoms with Gasteiger partial charge in [-0.15, -0.1) is 11.3 Å². The van der Waals surface area contributed by atoms with Gasteiger partial charge >= 0.3 is 0 Å². The summed E-state index contributed by atoms with van der Waals surface area (Å²) in [6.45, 7) is 3.17. The van der Waals surface area contributed by atoms with Crippen molar-refractivity contribution in [3.05, 3.63) is 28.5 Å². The Labute approximate surface area is 160 Å². The van der Waals surface area contributed by atoms with E-state index >= 15 is 0 Å². The van der Waals surface area contributed by atoms with Crippen molar-refractivity contribution >= 4 is 34.9 Å². The quantitative estimate of drug-likeness (QED) is 0.834. The van der Waals surface area contributed by atoms with E-state index in [-0.39, 0.29) is 17.9 Å². The standard InChI is InChI=1S/C17H21N5O2S2/c1-10-9-25-17(19-10)26-12-4-2-11(3-5-12)20-15(23)13-8-14-16(24)18-6-7-22(14)21-13/h8-9,11-12H,2-7H2,1H3,(H,18,24)(H,20,23). The molecule has 7 nitrogen and oxygen atoms in total. The molecule has 3 heterocycles. The third-order valence-corrected chi connectivity index (χ3v) is 7.16. The number of hydrogen-bond acceptors (Lipinski definition) is 6. The normalized spacial score (nSPS) is 22.6. The van der Waals surface area contributed by atoms with Crippen molar-refractivity contribution in [1.82, 2.24) is 25.4 Å². The molecule has 0 radical (unpaired) electrons. The third-order valence-electron chi connectivity index (χ3n) is 4.73. The number of nitrogens with one attached hydrogen (secondary N) is 2. The van der Waals surface area contributed by atoms with Gasteiger partial charge in [0.2, 0.25) is 0 Å². The summed E-state index contributed by atoms with van der Waals surface area (Å²) in [6.07, 6.45) is 4.05. The van der Waals surface area contributed by atoms with Gasteiger partial charge in [-0.1, -0.05) is 11.8 Å². The van der Waals surface area contributed by atoms with Crippen LogP contribution in [0.3, 0.4) is 0 Å². The molecule has 1 aliphatic heterocycles. The Morgan fingerprint density at radius 2 is 2.19 bits per heavy atom. The first-order chi connectivity index (χ1) is 12.6. The van der Waals surface area contributed by atoms with E-state index in [0.717, 1.165) is 35.7 Å². The molecule has 138 valence electrons. The van der Waals surface area contributed by atoms with Crippen molar-refractivity contribution in [3.63, 3.8) is 0 Å². The molecule has 2 aromatic rings. The molecule has 2 amide bonds. The van der Waals surface area contributed by atoms with E-state index in [2.05, 4.69) is 26.1 Å². The molecule has 2 aromatic heterocycles. The van der Waals surface area contributed by atoms with Gasteiger partial charge in [-0.05, 0) is 32.6 Å². The van der Waals surface area contributed by atoms with Crippen LogP contribution < -0.4 is 10.6 Å². The van der Waals surface area contributed by atoms with Crippen molar-refractivity contribution in [2.45, 2.75) is 54.8 Å². The zero-order valence-electron chi connectivity index (χ0n) is 14.5. The van der Waals surface area contributed by atoms with Crippen molar-refractivity contribution in [3.8, 4) is 0 Å². The molecule has 0 atom stereocenters. The Kier molecular flexibility index (Phi) is 4.99. The Morgan fingerprint density at radius 1 is 1.38 bits per heavy atom. The molecular weight excluding hydrogens is 370 g/mol. The SMILES string of the molecule is Cc1csc(SC2CCC(NC(=O)c3cc4n(n3)CCNC4=O)CC2)n1. The van der Waals surface area contributed by atoms with Crippen LogP contribution in [0.2, 0.25) is 0 Å². The first-order valence-corrected chi connectivity index (χ1v) is 10.6. The molecule has 1 fully saturated rings. The number of fused-ring (bicyclic) bond motifs is 1. The first kappa shape index (κ1) is 17.5. The topological polar surface area (TPSA) is 88.9 Å². The molecule has 0 bridgehead atoms. The second-order valence-corrected chi connectivity index (χ2v) is 9.12. The smallest absolute Gasteiger partial charge is 0.272 e. The van der Waals surface area contributed by atoms with Crippen LogP contribution in [0.15, 0.2) is 15.8 Å². The third kappa shape index (κ3) is 3.78. The van der Waals surface area contributed by atoms with Crippen molar-refractivity contribution in [2.75, 3.05) is 6.54 Å². The van der Waals surface area contributed by atoms with Crippen LogP contribution in [-0.4, -0.2) is 44.4 Å². The molecule has 4 rings (SSSR count). The second-order valence-electron chi connectivity index (χ2n) is 6.71. The van der Waals surface area contributed by atoms with Gasteiger partial charge < -0.3 is 10.6 Å². The summed E-state index contributed by atoms with van der Waals surface area (Å²) < 4.78 is 2.74. The molecular formula is C17H21N5O2S2. The molecule has 1 aliphatic carbocycles. The molecule has 26 heavy (non-hydrogen) atoms. The number of hydrogen-bond donors (Lipinski definition) is 2. The zero-order valence-corrected chi connectivity index (χ0v) is 16.2. The highest BCUT2D eigenvalue weighted by Crippen LogP contribution is 2.35.